The van der Waals surface area contributed by atoms with Gasteiger partial charge in [-0.1, -0.05) is 24.3 Å². The van der Waals surface area contributed by atoms with Crippen LogP contribution in [-0.4, -0.2) is 19.9 Å². The highest BCUT2D eigenvalue weighted by molar-refractivity contribution is 5.48. The predicted octanol–water partition coefficient (Wildman–Crippen LogP) is 2.12. The zero-order chi connectivity index (χ0) is 11.4. The van der Waals surface area contributed by atoms with Crippen LogP contribution in [0.25, 0.3) is 0 Å². The van der Waals surface area contributed by atoms with E-state index in [0.717, 1.165) is 36.6 Å². The second kappa shape index (κ2) is 5.03. The number of ether oxygens (including phenoxy) is 2. The van der Waals surface area contributed by atoms with E-state index in [1.165, 1.54) is 5.56 Å². The maximum Gasteiger partial charge on any atom is 0.231 e. The molecule has 0 atom stereocenters. The van der Waals surface area contributed by atoms with Gasteiger partial charge in [0.2, 0.25) is 6.79 Å². The lowest BCUT2D eigenvalue weighted by Gasteiger charge is -2.07. The molecule has 3 nitrogen and oxygen atoms in total. The third-order valence-corrected chi connectivity index (χ3v) is 2.48. The van der Waals surface area contributed by atoms with Crippen LogP contribution >= 0.6 is 0 Å². The summed E-state index contributed by atoms with van der Waals surface area (Å²) in [7, 11) is 0. The Morgan fingerprint density at radius 1 is 1.44 bits per heavy atom. The lowest BCUT2D eigenvalue weighted by Crippen LogP contribution is -2.19. The Labute approximate surface area is 96.1 Å². The molecule has 1 N–H and O–H groups in total. The Kier molecular flexibility index (Phi) is 3.47. The van der Waals surface area contributed by atoms with Crippen LogP contribution in [0.1, 0.15) is 12.5 Å². The zero-order valence-electron chi connectivity index (χ0n) is 9.58. The molecule has 3 heteroatoms. The molecule has 0 aliphatic carbocycles. The summed E-state index contributed by atoms with van der Waals surface area (Å²) in [6.07, 6.45) is 0.944. The van der Waals surface area contributed by atoms with Gasteiger partial charge in [0.25, 0.3) is 0 Å². The van der Waals surface area contributed by atoms with Crippen LogP contribution in [0.2, 0.25) is 0 Å². The standard InChI is InChI=1S/C13H17NO2/c1-10(2)8-14-7-6-11-4-3-5-12-13(11)16-9-15-12/h3-5,14H,1,6-9H2,2H3. The third kappa shape index (κ3) is 2.55. The summed E-state index contributed by atoms with van der Waals surface area (Å²) in [4.78, 5) is 0. The molecule has 0 radical (unpaired) electrons. The number of hydrogen-bond donors (Lipinski definition) is 1. The van der Waals surface area contributed by atoms with E-state index in [1.54, 1.807) is 0 Å². The van der Waals surface area contributed by atoms with Gasteiger partial charge in [0, 0.05) is 6.54 Å². The molecule has 0 fully saturated rings. The van der Waals surface area contributed by atoms with Gasteiger partial charge in [-0.25, -0.2) is 0 Å². The molecule has 1 aliphatic rings. The van der Waals surface area contributed by atoms with Crippen molar-refractivity contribution in [3.8, 4) is 11.5 Å². The van der Waals surface area contributed by atoms with Gasteiger partial charge >= 0.3 is 0 Å². The number of fused-ring (bicyclic) bond motifs is 1. The second-order valence-corrected chi connectivity index (χ2v) is 4.03. The first kappa shape index (κ1) is 11.0. The van der Waals surface area contributed by atoms with Gasteiger partial charge in [0.05, 0.1) is 0 Å². The summed E-state index contributed by atoms with van der Waals surface area (Å²) in [6.45, 7) is 8.00. The van der Waals surface area contributed by atoms with Crippen LogP contribution < -0.4 is 14.8 Å². The second-order valence-electron chi connectivity index (χ2n) is 4.03. The maximum absolute atomic E-state index is 5.44. The molecule has 86 valence electrons. The zero-order valence-corrected chi connectivity index (χ0v) is 9.58. The molecule has 16 heavy (non-hydrogen) atoms. The molecule has 0 amide bonds. The molecule has 0 bridgehead atoms. The predicted molar refractivity (Wildman–Crippen MR) is 64.0 cm³/mol. The van der Waals surface area contributed by atoms with Crippen LogP contribution in [0.15, 0.2) is 30.4 Å². The topological polar surface area (TPSA) is 30.5 Å². The highest BCUT2D eigenvalue weighted by Crippen LogP contribution is 2.35. The number of para-hydroxylation sites is 1. The first-order valence-electron chi connectivity index (χ1n) is 5.50. The first-order chi connectivity index (χ1) is 7.77. The smallest absolute Gasteiger partial charge is 0.231 e. The van der Waals surface area contributed by atoms with Crippen LogP contribution in [-0.2, 0) is 6.42 Å². The van der Waals surface area contributed by atoms with E-state index in [1.807, 2.05) is 19.1 Å². The Bertz CT molecular complexity index is 388. The van der Waals surface area contributed by atoms with Crippen molar-refractivity contribution < 1.29 is 9.47 Å². The quantitative estimate of drug-likeness (QED) is 0.608. The average molecular weight is 219 g/mol. The summed E-state index contributed by atoms with van der Waals surface area (Å²) in [5.74, 6) is 1.76. The fraction of sp³-hybridized carbons (Fsp3) is 0.385. The molecule has 1 aliphatic heterocycles. The Balaban J connectivity index is 1.90. The molecule has 0 unspecified atom stereocenters. The highest BCUT2D eigenvalue weighted by Gasteiger charge is 2.16. The van der Waals surface area contributed by atoms with E-state index in [0.29, 0.717) is 6.79 Å². The van der Waals surface area contributed by atoms with E-state index in [4.69, 9.17) is 9.47 Å². The van der Waals surface area contributed by atoms with Gasteiger partial charge < -0.3 is 14.8 Å². The Morgan fingerprint density at radius 2 is 2.31 bits per heavy atom. The van der Waals surface area contributed by atoms with Crippen molar-refractivity contribution in [2.75, 3.05) is 19.9 Å². The van der Waals surface area contributed by atoms with Gasteiger partial charge in [-0.05, 0) is 31.5 Å². The summed E-state index contributed by atoms with van der Waals surface area (Å²) >= 11 is 0. The van der Waals surface area contributed by atoms with E-state index >= 15 is 0 Å². The van der Waals surface area contributed by atoms with Crippen molar-refractivity contribution in [3.63, 3.8) is 0 Å². The lowest BCUT2D eigenvalue weighted by atomic mass is 10.1. The van der Waals surface area contributed by atoms with Crippen LogP contribution in [0.5, 0.6) is 11.5 Å². The molecule has 0 saturated heterocycles. The molecule has 1 aromatic rings. The molecule has 0 aromatic heterocycles. The van der Waals surface area contributed by atoms with E-state index in [9.17, 15) is 0 Å². The molecule has 2 rings (SSSR count). The van der Waals surface area contributed by atoms with Gasteiger partial charge in [0.15, 0.2) is 11.5 Å². The van der Waals surface area contributed by atoms with Crippen molar-refractivity contribution in [2.24, 2.45) is 0 Å². The van der Waals surface area contributed by atoms with Crippen molar-refractivity contribution in [1.82, 2.24) is 5.32 Å². The fourth-order valence-electron chi connectivity index (χ4n) is 1.71. The van der Waals surface area contributed by atoms with Crippen LogP contribution in [0.4, 0.5) is 0 Å². The molecular formula is C13H17NO2. The highest BCUT2D eigenvalue weighted by atomic mass is 16.7. The Morgan fingerprint density at radius 3 is 3.12 bits per heavy atom. The van der Waals surface area contributed by atoms with Gasteiger partial charge in [0.1, 0.15) is 0 Å². The van der Waals surface area contributed by atoms with E-state index < -0.39 is 0 Å². The van der Waals surface area contributed by atoms with E-state index in [2.05, 4.69) is 18.0 Å². The maximum atomic E-state index is 5.44. The lowest BCUT2D eigenvalue weighted by molar-refractivity contribution is 0.173. The molecule has 0 spiro atoms. The van der Waals surface area contributed by atoms with Crippen molar-refractivity contribution in [2.45, 2.75) is 13.3 Å². The van der Waals surface area contributed by atoms with Gasteiger partial charge in [-0.2, -0.15) is 0 Å². The van der Waals surface area contributed by atoms with Crippen LogP contribution in [0, 0.1) is 0 Å². The summed E-state index contributed by atoms with van der Waals surface area (Å²) in [5, 5.41) is 3.33. The van der Waals surface area contributed by atoms with Gasteiger partial charge in [-0.15, -0.1) is 0 Å². The monoisotopic (exact) mass is 219 g/mol. The third-order valence-electron chi connectivity index (χ3n) is 2.48. The minimum absolute atomic E-state index is 0.339. The normalized spacial score (nSPS) is 12.8. The fourth-order valence-corrected chi connectivity index (χ4v) is 1.71. The minimum atomic E-state index is 0.339. The number of hydrogen-bond acceptors (Lipinski definition) is 3. The van der Waals surface area contributed by atoms with Crippen LogP contribution in [0.3, 0.4) is 0 Å². The molecule has 0 saturated carbocycles. The molecule has 1 heterocycles. The average Bonchev–Trinajstić information content (AvgIpc) is 2.72. The molecule has 1 aromatic carbocycles. The number of rotatable bonds is 5. The summed E-state index contributed by atoms with van der Waals surface area (Å²) < 4.78 is 10.8. The van der Waals surface area contributed by atoms with Gasteiger partial charge in [-0.3, -0.25) is 0 Å². The van der Waals surface area contributed by atoms with Crippen molar-refractivity contribution >= 4 is 0 Å². The van der Waals surface area contributed by atoms with Crippen molar-refractivity contribution in [1.29, 1.82) is 0 Å². The number of nitrogens with one attached hydrogen (secondary N) is 1. The Hall–Kier alpha value is -1.48. The molecular weight excluding hydrogens is 202 g/mol. The largest absolute Gasteiger partial charge is 0.454 e. The van der Waals surface area contributed by atoms with E-state index in [-0.39, 0.29) is 0 Å². The van der Waals surface area contributed by atoms with Crippen molar-refractivity contribution in [3.05, 3.63) is 35.9 Å². The SMILES string of the molecule is C=C(C)CNCCc1cccc2c1OCO2. The number of benzene rings is 1. The summed E-state index contributed by atoms with van der Waals surface area (Å²) in [5.41, 5.74) is 2.35. The minimum Gasteiger partial charge on any atom is -0.454 e. The first-order valence-corrected chi connectivity index (χ1v) is 5.50. The summed E-state index contributed by atoms with van der Waals surface area (Å²) in [6, 6.07) is 6.02.